The van der Waals surface area contributed by atoms with Crippen molar-refractivity contribution in [1.82, 2.24) is 0 Å². The number of rotatable bonds is 0. The van der Waals surface area contributed by atoms with E-state index < -0.39 is 0 Å². The molecule has 2 rings (SSSR count). The van der Waals surface area contributed by atoms with Crippen molar-refractivity contribution >= 4 is 20.2 Å². The summed E-state index contributed by atoms with van der Waals surface area (Å²) in [6, 6.07) is 0. The van der Waals surface area contributed by atoms with E-state index in [-0.39, 0.29) is 4.62 Å². The molecule has 0 aromatic heterocycles. The van der Waals surface area contributed by atoms with Gasteiger partial charge in [0, 0.05) is 0 Å². The van der Waals surface area contributed by atoms with Crippen molar-refractivity contribution in [3.63, 3.8) is 0 Å². The Balaban J connectivity index is 2.22. The van der Waals surface area contributed by atoms with Gasteiger partial charge in [-0.15, -0.1) is 11.6 Å². The number of halogens is 1. The topological polar surface area (TPSA) is 0 Å². The number of allylic oxidation sites excluding steroid dienone is 2. The maximum atomic E-state index is 6.43. The van der Waals surface area contributed by atoms with Crippen LogP contribution in [0.3, 0.4) is 0 Å². The van der Waals surface area contributed by atoms with Crippen LogP contribution < -0.4 is 0 Å². The highest BCUT2D eigenvalue weighted by atomic mass is 35.5. The van der Waals surface area contributed by atoms with Crippen LogP contribution in [0.5, 0.6) is 0 Å². The van der Waals surface area contributed by atoms with Crippen molar-refractivity contribution in [2.45, 2.75) is 23.9 Å². The number of alkyl halides is 1. The lowest BCUT2D eigenvalue weighted by atomic mass is 10.1. The summed E-state index contributed by atoms with van der Waals surface area (Å²) in [5.74, 6) is 0.709. The predicted molar refractivity (Wildman–Crippen MR) is 48.2 cm³/mol. The van der Waals surface area contributed by atoms with Crippen LogP contribution in [0.2, 0.25) is 0 Å². The van der Waals surface area contributed by atoms with Gasteiger partial charge in [0.25, 0.3) is 0 Å². The van der Waals surface area contributed by atoms with E-state index in [1.165, 1.54) is 25.4 Å². The van der Waals surface area contributed by atoms with Crippen LogP contribution in [0.15, 0.2) is 12.2 Å². The average Bonchev–Trinajstić information content (AvgIpc) is 2.29. The fourth-order valence-corrected chi connectivity index (χ4v) is 3.92. The second kappa shape index (κ2) is 2.50. The van der Waals surface area contributed by atoms with E-state index in [1.54, 1.807) is 0 Å². The molecule has 0 aromatic rings. The number of hydrogen-bond acceptors (Lipinski definition) is 0. The van der Waals surface area contributed by atoms with E-state index in [0.717, 1.165) is 8.58 Å². The normalized spacial score (nSPS) is 47.9. The first-order chi connectivity index (χ1) is 4.81. The van der Waals surface area contributed by atoms with Gasteiger partial charge in [0.2, 0.25) is 0 Å². The molecule has 1 aliphatic heterocycles. The number of fused-ring (bicyclic) bond motifs is 1. The van der Waals surface area contributed by atoms with E-state index in [1.807, 2.05) is 0 Å². The highest BCUT2D eigenvalue weighted by molar-refractivity contribution is 7.43. The molecule has 0 bridgehead atoms. The van der Waals surface area contributed by atoms with E-state index in [9.17, 15) is 0 Å². The van der Waals surface area contributed by atoms with Gasteiger partial charge in [-0.05, 0) is 24.9 Å². The van der Waals surface area contributed by atoms with Crippen molar-refractivity contribution in [1.29, 1.82) is 0 Å². The van der Waals surface area contributed by atoms with Gasteiger partial charge < -0.3 is 0 Å². The Morgan fingerprint density at radius 3 is 3.30 bits per heavy atom. The summed E-state index contributed by atoms with van der Waals surface area (Å²) in [4.78, 5) is 0. The maximum Gasteiger partial charge on any atom is 0.0677 e. The molecule has 0 nitrogen and oxygen atoms in total. The van der Waals surface area contributed by atoms with Gasteiger partial charge in [0.1, 0.15) is 0 Å². The Kier molecular flexibility index (Phi) is 1.78. The molecule has 1 heterocycles. The molecular formula is C8H12ClP. The fraction of sp³-hybridized carbons (Fsp3) is 0.750. The quantitative estimate of drug-likeness (QED) is 0.301. The van der Waals surface area contributed by atoms with Crippen LogP contribution in [0, 0.1) is 5.92 Å². The van der Waals surface area contributed by atoms with Crippen molar-refractivity contribution in [2.24, 2.45) is 5.92 Å². The molecule has 0 saturated heterocycles. The van der Waals surface area contributed by atoms with Crippen LogP contribution in [0.25, 0.3) is 0 Å². The summed E-state index contributed by atoms with van der Waals surface area (Å²) in [7, 11) is 0.967. The van der Waals surface area contributed by atoms with Crippen molar-refractivity contribution in [2.75, 3.05) is 6.16 Å². The first-order valence-electron chi connectivity index (χ1n) is 3.92. The van der Waals surface area contributed by atoms with Gasteiger partial charge in [-0.2, -0.15) is 0 Å². The molecule has 0 amide bonds. The molecule has 2 heteroatoms. The van der Waals surface area contributed by atoms with Crippen molar-refractivity contribution in [3.8, 4) is 0 Å². The van der Waals surface area contributed by atoms with E-state index in [0.29, 0.717) is 5.92 Å². The van der Waals surface area contributed by atoms with Gasteiger partial charge in [0.15, 0.2) is 0 Å². The molecule has 1 fully saturated rings. The predicted octanol–water partition coefficient (Wildman–Crippen LogP) is 2.97. The SMILES string of the molecule is ClC12CCCC1C=CCP2. The van der Waals surface area contributed by atoms with Crippen LogP contribution in [-0.2, 0) is 0 Å². The Labute approximate surface area is 68.8 Å². The third-order valence-corrected chi connectivity index (χ3v) is 5.04. The van der Waals surface area contributed by atoms with Crippen molar-refractivity contribution in [3.05, 3.63) is 12.2 Å². The zero-order valence-corrected chi connectivity index (χ0v) is 7.69. The van der Waals surface area contributed by atoms with E-state index in [2.05, 4.69) is 12.2 Å². The molecule has 56 valence electrons. The third-order valence-electron chi connectivity index (χ3n) is 2.53. The maximum absolute atomic E-state index is 6.43. The van der Waals surface area contributed by atoms with Crippen LogP contribution in [-0.4, -0.2) is 10.8 Å². The van der Waals surface area contributed by atoms with Crippen molar-refractivity contribution < 1.29 is 0 Å². The molecule has 0 spiro atoms. The first-order valence-corrected chi connectivity index (χ1v) is 5.50. The summed E-state index contributed by atoms with van der Waals surface area (Å²) < 4.78 is 0.203. The Hall–Kier alpha value is 0.460. The molecule has 0 aromatic carbocycles. The largest absolute Gasteiger partial charge is 0.114 e. The number of hydrogen-bond donors (Lipinski definition) is 0. The smallest absolute Gasteiger partial charge is 0.0677 e. The van der Waals surface area contributed by atoms with E-state index in [4.69, 9.17) is 11.6 Å². The monoisotopic (exact) mass is 174 g/mol. The summed E-state index contributed by atoms with van der Waals surface area (Å²) in [6.07, 6.45) is 9.77. The molecule has 10 heavy (non-hydrogen) atoms. The molecule has 3 unspecified atom stereocenters. The van der Waals surface area contributed by atoms with Crippen LogP contribution in [0.4, 0.5) is 0 Å². The summed E-state index contributed by atoms with van der Waals surface area (Å²) >= 11 is 6.43. The minimum atomic E-state index is 0.203. The molecule has 3 atom stereocenters. The van der Waals surface area contributed by atoms with Gasteiger partial charge in [0.05, 0.1) is 4.62 Å². The summed E-state index contributed by atoms with van der Waals surface area (Å²) in [5.41, 5.74) is 0. The summed E-state index contributed by atoms with van der Waals surface area (Å²) in [5, 5.41) is 0. The average molecular weight is 175 g/mol. The molecule has 0 N–H and O–H groups in total. The van der Waals surface area contributed by atoms with Gasteiger partial charge in [-0.3, -0.25) is 0 Å². The first kappa shape index (κ1) is 7.13. The molecule has 0 radical (unpaired) electrons. The third kappa shape index (κ3) is 1.02. The fourth-order valence-electron chi connectivity index (χ4n) is 1.92. The van der Waals surface area contributed by atoms with Crippen LogP contribution >= 0.6 is 20.2 Å². The second-order valence-corrected chi connectivity index (χ2v) is 5.82. The molecule has 1 saturated carbocycles. The van der Waals surface area contributed by atoms with Crippen LogP contribution in [0.1, 0.15) is 19.3 Å². The zero-order chi connectivity index (χ0) is 7.03. The lowest BCUT2D eigenvalue weighted by Crippen LogP contribution is -2.21. The van der Waals surface area contributed by atoms with E-state index >= 15 is 0 Å². The van der Waals surface area contributed by atoms with Gasteiger partial charge in [-0.25, -0.2) is 0 Å². The highest BCUT2D eigenvalue weighted by Gasteiger charge is 2.40. The minimum Gasteiger partial charge on any atom is -0.114 e. The molecular weight excluding hydrogens is 163 g/mol. The highest BCUT2D eigenvalue weighted by Crippen LogP contribution is 2.55. The lowest BCUT2D eigenvalue weighted by molar-refractivity contribution is 0.646. The Bertz CT molecular complexity index is 167. The summed E-state index contributed by atoms with van der Waals surface area (Å²) in [6.45, 7) is 0. The Morgan fingerprint density at radius 2 is 2.50 bits per heavy atom. The minimum absolute atomic E-state index is 0.203. The van der Waals surface area contributed by atoms with Gasteiger partial charge in [-0.1, -0.05) is 27.2 Å². The van der Waals surface area contributed by atoms with Gasteiger partial charge >= 0.3 is 0 Å². The lowest BCUT2D eigenvalue weighted by Gasteiger charge is -2.29. The molecule has 2 aliphatic rings. The second-order valence-electron chi connectivity index (χ2n) is 3.17. The zero-order valence-electron chi connectivity index (χ0n) is 5.94. The Morgan fingerprint density at radius 1 is 1.60 bits per heavy atom. The standard InChI is InChI=1S/C8H12ClP/c9-8-5-1-3-7(8)4-2-6-10-8/h2,4,7,10H,1,3,5-6H2. The molecule has 1 aliphatic carbocycles.